The molecule has 0 radical (unpaired) electrons. The standard InChI is InChI=1S/C25H19NO/c27-25-24(20-13-7-8-14-23(20)26-25)22-16-19(17-9-3-1-4-10-17)15-21(22)18-11-5-2-6-12-18/h1-14,16,21H,15H2,(H,26,27)/b24-22-. The third-order valence-electron chi connectivity index (χ3n) is 5.44. The fraction of sp³-hybridized carbons (Fsp3) is 0.0800. The second kappa shape index (κ2) is 6.40. The Morgan fingerprint density at radius 1 is 0.778 bits per heavy atom. The van der Waals surface area contributed by atoms with Crippen molar-refractivity contribution < 1.29 is 4.79 Å². The van der Waals surface area contributed by atoms with Crippen LogP contribution < -0.4 is 5.32 Å². The molecule has 3 aromatic rings. The van der Waals surface area contributed by atoms with Crippen LogP contribution in [-0.4, -0.2) is 5.91 Å². The lowest BCUT2D eigenvalue weighted by Crippen LogP contribution is -2.08. The van der Waals surface area contributed by atoms with E-state index in [2.05, 4.69) is 59.9 Å². The van der Waals surface area contributed by atoms with Crippen molar-refractivity contribution in [2.45, 2.75) is 12.3 Å². The number of nitrogens with one attached hydrogen (secondary N) is 1. The van der Waals surface area contributed by atoms with Gasteiger partial charge in [0.05, 0.1) is 5.57 Å². The number of hydrogen-bond acceptors (Lipinski definition) is 1. The lowest BCUT2D eigenvalue weighted by atomic mass is 9.87. The Bertz CT molecular complexity index is 1080. The van der Waals surface area contributed by atoms with E-state index in [0.29, 0.717) is 0 Å². The summed E-state index contributed by atoms with van der Waals surface area (Å²) in [4.78, 5) is 12.8. The first-order chi connectivity index (χ1) is 13.3. The molecule has 0 saturated heterocycles. The van der Waals surface area contributed by atoms with Gasteiger partial charge in [-0.2, -0.15) is 0 Å². The average molecular weight is 349 g/mol. The molecule has 27 heavy (non-hydrogen) atoms. The maximum Gasteiger partial charge on any atom is 0.256 e. The van der Waals surface area contributed by atoms with Gasteiger partial charge in [0.25, 0.3) is 5.91 Å². The zero-order valence-corrected chi connectivity index (χ0v) is 14.9. The Kier molecular flexibility index (Phi) is 3.75. The number of benzene rings is 3. The predicted octanol–water partition coefficient (Wildman–Crippen LogP) is 5.66. The molecule has 0 fully saturated rings. The number of para-hydroxylation sites is 1. The summed E-state index contributed by atoms with van der Waals surface area (Å²) in [6.45, 7) is 0. The van der Waals surface area contributed by atoms with Crippen LogP contribution in [-0.2, 0) is 4.79 Å². The fourth-order valence-electron chi connectivity index (χ4n) is 4.16. The van der Waals surface area contributed by atoms with Gasteiger partial charge in [-0.1, -0.05) is 84.9 Å². The van der Waals surface area contributed by atoms with Gasteiger partial charge in [0.2, 0.25) is 0 Å². The van der Waals surface area contributed by atoms with Crippen LogP contribution in [0.15, 0.2) is 96.6 Å². The number of carbonyl (C=O) groups is 1. The molecule has 1 heterocycles. The lowest BCUT2D eigenvalue weighted by molar-refractivity contribution is -0.110. The van der Waals surface area contributed by atoms with Crippen LogP contribution in [0.4, 0.5) is 5.69 Å². The maximum atomic E-state index is 12.8. The molecule has 1 aliphatic carbocycles. The summed E-state index contributed by atoms with van der Waals surface area (Å²) in [5, 5.41) is 3.02. The van der Waals surface area contributed by atoms with Crippen LogP contribution in [0.25, 0.3) is 11.1 Å². The average Bonchev–Trinajstić information content (AvgIpc) is 3.29. The van der Waals surface area contributed by atoms with E-state index in [4.69, 9.17) is 0 Å². The fourth-order valence-corrected chi connectivity index (χ4v) is 4.16. The van der Waals surface area contributed by atoms with Gasteiger partial charge in [-0.05, 0) is 34.8 Å². The summed E-state index contributed by atoms with van der Waals surface area (Å²) in [6, 6.07) is 28.9. The minimum atomic E-state index is -0.00214. The van der Waals surface area contributed by atoms with Crippen molar-refractivity contribution in [2.24, 2.45) is 0 Å². The summed E-state index contributed by atoms with van der Waals surface area (Å²) < 4.78 is 0. The van der Waals surface area contributed by atoms with Crippen molar-refractivity contribution in [3.05, 3.63) is 113 Å². The normalized spacial score (nSPS) is 21.0. The number of amides is 1. The Hall–Kier alpha value is -3.39. The van der Waals surface area contributed by atoms with Gasteiger partial charge in [-0.3, -0.25) is 4.79 Å². The quantitative estimate of drug-likeness (QED) is 0.594. The Morgan fingerprint density at radius 2 is 1.44 bits per heavy atom. The van der Waals surface area contributed by atoms with Gasteiger partial charge in [0, 0.05) is 17.2 Å². The molecule has 1 amide bonds. The maximum absolute atomic E-state index is 12.8. The van der Waals surface area contributed by atoms with Crippen LogP contribution in [0.5, 0.6) is 0 Å². The first kappa shape index (κ1) is 15.8. The number of carbonyl (C=O) groups excluding carboxylic acids is 1. The first-order valence-corrected chi connectivity index (χ1v) is 9.27. The van der Waals surface area contributed by atoms with E-state index in [1.54, 1.807) is 0 Å². The number of rotatable bonds is 2. The van der Waals surface area contributed by atoms with E-state index in [1.807, 2.05) is 36.4 Å². The number of hydrogen-bond donors (Lipinski definition) is 1. The molecule has 0 saturated carbocycles. The van der Waals surface area contributed by atoms with E-state index in [0.717, 1.165) is 28.8 Å². The summed E-state index contributed by atoms with van der Waals surface area (Å²) in [6.07, 6.45) is 3.13. The van der Waals surface area contributed by atoms with Gasteiger partial charge in [-0.25, -0.2) is 0 Å². The Balaban J connectivity index is 1.71. The topological polar surface area (TPSA) is 29.1 Å². The minimum absolute atomic E-state index is 0.00214. The largest absolute Gasteiger partial charge is 0.321 e. The molecule has 1 aliphatic heterocycles. The minimum Gasteiger partial charge on any atom is -0.321 e. The van der Waals surface area contributed by atoms with E-state index in [9.17, 15) is 4.79 Å². The number of allylic oxidation sites excluding steroid dienone is 3. The molecular formula is C25H19NO. The SMILES string of the molecule is O=C1Nc2ccccc2/C1=C1\C=C(c2ccccc2)CC1c1ccccc1. The third kappa shape index (κ3) is 2.70. The second-order valence-corrected chi connectivity index (χ2v) is 7.03. The molecule has 0 bridgehead atoms. The molecular weight excluding hydrogens is 330 g/mol. The van der Waals surface area contributed by atoms with Crippen LogP contribution in [0.2, 0.25) is 0 Å². The van der Waals surface area contributed by atoms with Crippen LogP contribution in [0.1, 0.15) is 29.0 Å². The molecule has 1 atom stereocenters. The predicted molar refractivity (Wildman–Crippen MR) is 110 cm³/mol. The van der Waals surface area contributed by atoms with Crippen molar-refractivity contribution in [1.29, 1.82) is 0 Å². The highest BCUT2D eigenvalue weighted by atomic mass is 16.2. The molecule has 0 aromatic heterocycles. The number of fused-ring (bicyclic) bond motifs is 1. The van der Waals surface area contributed by atoms with E-state index in [1.165, 1.54) is 16.7 Å². The highest BCUT2D eigenvalue weighted by Crippen LogP contribution is 2.47. The zero-order chi connectivity index (χ0) is 18.2. The molecule has 0 spiro atoms. The lowest BCUT2D eigenvalue weighted by Gasteiger charge is -2.15. The molecule has 2 aliphatic rings. The van der Waals surface area contributed by atoms with Crippen LogP contribution in [0.3, 0.4) is 0 Å². The molecule has 2 heteroatoms. The van der Waals surface area contributed by atoms with Crippen molar-refractivity contribution in [3.63, 3.8) is 0 Å². The third-order valence-corrected chi connectivity index (χ3v) is 5.44. The van der Waals surface area contributed by atoms with E-state index >= 15 is 0 Å². The molecule has 3 aromatic carbocycles. The van der Waals surface area contributed by atoms with E-state index in [-0.39, 0.29) is 11.8 Å². The Morgan fingerprint density at radius 3 is 2.22 bits per heavy atom. The van der Waals surface area contributed by atoms with Gasteiger partial charge in [0.1, 0.15) is 0 Å². The highest BCUT2D eigenvalue weighted by molar-refractivity contribution is 6.33. The molecule has 2 nitrogen and oxygen atoms in total. The zero-order valence-electron chi connectivity index (χ0n) is 14.9. The summed E-state index contributed by atoms with van der Waals surface area (Å²) in [7, 11) is 0. The molecule has 5 rings (SSSR count). The summed E-state index contributed by atoms with van der Waals surface area (Å²) in [5.41, 5.74) is 7.58. The second-order valence-electron chi connectivity index (χ2n) is 7.03. The van der Waals surface area contributed by atoms with Crippen molar-refractivity contribution in [1.82, 2.24) is 0 Å². The van der Waals surface area contributed by atoms with Gasteiger partial charge >= 0.3 is 0 Å². The first-order valence-electron chi connectivity index (χ1n) is 9.27. The van der Waals surface area contributed by atoms with Crippen LogP contribution >= 0.6 is 0 Å². The summed E-state index contributed by atoms with van der Waals surface area (Å²) >= 11 is 0. The molecule has 1 unspecified atom stereocenters. The molecule has 1 N–H and O–H groups in total. The molecule has 130 valence electrons. The Labute approximate surface area is 158 Å². The van der Waals surface area contributed by atoms with Crippen LogP contribution in [0, 0.1) is 0 Å². The van der Waals surface area contributed by atoms with Crippen molar-refractivity contribution in [2.75, 3.05) is 5.32 Å². The van der Waals surface area contributed by atoms with Gasteiger partial charge in [0.15, 0.2) is 0 Å². The summed E-state index contributed by atoms with van der Waals surface area (Å²) in [5.74, 6) is 0.186. The van der Waals surface area contributed by atoms with Crippen molar-refractivity contribution in [3.8, 4) is 0 Å². The van der Waals surface area contributed by atoms with Gasteiger partial charge in [-0.15, -0.1) is 0 Å². The van der Waals surface area contributed by atoms with Crippen molar-refractivity contribution >= 4 is 22.7 Å². The van der Waals surface area contributed by atoms with Gasteiger partial charge < -0.3 is 5.32 Å². The highest BCUT2D eigenvalue weighted by Gasteiger charge is 2.33. The number of anilines is 1. The monoisotopic (exact) mass is 349 g/mol. The smallest absolute Gasteiger partial charge is 0.256 e. The van der Waals surface area contributed by atoms with E-state index < -0.39 is 0 Å².